The maximum absolute atomic E-state index is 12.2. The highest BCUT2D eigenvalue weighted by atomic mass is 35.5. The fourth-order valence-electron chi connectivity index (χ4n) is 2.47. The number of rotatable bonds is 5. The Kier molecular flexibility index (Phi) is 7.67. The van der Waals surface area contributed by atoms with Gasteiger partial charge in [0.1, 0.15) is 0 Å². The van der Waals surface area contributed by atoms with Crippen molar-refractivity contribution in [3.8, 4) is 11.1 Å². The third-order valence-corrected chi connectivity index (χ3v) is 4.11. The molecular formula is C18H23Cl2N3O. The van der Waals surface area contributed by atoms with Crippen LogP contribution in [-0.2, 0) is 0 Å². The predicted octanol–water partition coefficient (Wildman–Crippen LogP) is 3.37. The van der Waals surface area contributed by atoms with Crippen LogP contribution in [0.25, 0.3) is 11.1 Å². The van der Waals surface area contributed by atoms with Crippen LogP contribution in [0.2, 0.25) is 0 Å². The van der Waals surface area contributed by atoms with Crippen LogP contribution < -0.4 is 11.1 Å². The summed E-state index contributed by atoms with van der Waals surface area (Å²) in [5, 5.41) is 2.90. The fraction of sp³-hybridized carbons (Fsp3) is 0.333. The summed E-state index contributed by atoms with van der Waals surface area (Å²) in [5.41, 5.74) is 9.79. The lowest BCUT2D eigenvalue weighted by atomic mass is 10.0. The molecule has 1 amide bonds. The molecule has 3 N–H and O–H groups in total. The molecular weight excluding hydrogens is 345 g/mol. The maximum Gasteiger partial charge on any atom is 0.252 e. The monoisotopic (exact) mass is 367 g/mol. The molecule has 1 aromatic carbocycles. The summed E-state index contributed by atoms with van der Waals surface area (Å²) in [6.07, 6.45) is 5.73. The zero-order valence-corrected chi connectivity index (χ0v) is 15.2. The summed E-state index contributed by atoms with van der Waals surface area (Å²) in [6.45, 7) is 2.58. The second kappa shape index (κ2) is 9.02. The molecule has 0 aliphatic heterocycles. The summed E-state index contributed by atoms with van der Waals surface area (Å²) in [6, 6.07) is 10.1. The molecule has 1 aliphatic rings. The van der Waals surface area contributed by atoms with Gasteiger partial charge in [0.2, 0.25) is 0 Å². The SMILES string of the molecule is Cc1ccc(-c2cncc(C(=O)NCC(N)C3CC3)c2)cc1.Cl.Cl. The number of halogens is 2. The Morgan fingerprint density at radius 3 is 2.50 bits per heavy atom. The van der Waals surface area contributed by atoms with Crippen LogP contribution in [0.4, 0.5) is 0 Å². The van der Waals surface area contributed by atoms with Gasteiger partial charge in [-0.3, -0.25) is 9.78 Å². The third kappa shape index (κ3) is 5.20. The van der Waals surface area contributed by atoms with E-state index in [9.17, 15) is 4.79 Å². The second-order valence-corrected chi connectivity index (χ2v) is 6.04. The van der Waals surface area contributed by atoms with Crippen LogP contribution in [0.5, 0.6) is 0 Å². The minimum atomic E-state index is -0.113. The van der Waals surface area contributed by atoms with Gasteiger partial charge < -0.3 is 11.1 Å². The van der Waals surface area contributed by atoms with E-state index in [4.69, 9.17) is 5.73 Å². The summed E-state index contributed by atoms with van der Waals surface area (Å²) in [5.74, 6) is 0.467. The Morgan fingerprint density at radius 1 is 1.21 bits per heavy atom. The first kappa shape index (κ1) is 20.4. The van der Waals surface area contributed by atoms with Gasteiger partial charge in [0, 0.05) is 30.5 Å². The van der Waals surface area contributed by atoms with Crippen LogP contribution in [0.15, 0.2) is 42.7 Å². The Morgan fingerprint density at radius 2 is 1.88 bits per heavy atom. The number of nitrogens with zero attached hydrogens (tertiary/aromatic N) is 1. The van der Waals surface area contributed by atoms with Crippen LogP contribution in [0.1, 0.15) is 28.8 Å². The number of nitrogens with two attached hydrogens (primary N) is 1. The molecule has 1 aromatic heterocycles. The van der Waals surface area contributed by atoms with E-state index in [0.29, 0.717) is 18.0 Å². The molecule has 1 aliphatic carbocycles. The van der Waals surface area contributed by atoms with Crippen molar-refractivity contribution >= 4 is 30.7 Å². The van der Waals surface area contributed by atoms with Crippen molar-refractivity contribution in [2.75, 3.05) is 6.54 Å². The Hall–Kier alpha value is -1.62. The van der Waals surface area contributed by atoms with Gasteiger partial charge in [0.15, 0.2) is 0 Å². The average molecular weight is 368 g/mol. The van der Waals surface area contributed by atoms with Gasteiger partial charge in [-0.15, -0.1) is 24.8 Å². The first-order chi connectivity index (χ1) is 10.6. The maximum atomic E-state index is 12.2. The average Bonchev–Trinajstić information content (AvgIpc) is 3.38. The van der Waals surface area contributed by atoms with Crippen molar-refractivity contribution in [3.63, 3.8) is 0 Å². The molecule has 1 atom stereocenters. The fourth-order valence-corrected chi connectivity index (χ4v) is 2.47. The number of aromatic nitrogens is 1. The van der Waals surface area contributed by atoms with Gasteiger partial charge in [0.05, 0.1) is 5.56 Å². The van der Waals surface area contributed by atoms with Crippen molar-refractivity contribution in [1.29, 1.82) is 0 Å². The van der Waals surface area contributed by atoms with E-state index in [1.165, 1.54) is 18.4 Å². The van der Waals surface area contributed by atoms with E-state index >= 15 is 0 Å². The van der Waals surface area contributed by atoms with Crippen LogP contribution in [0.3, 0.4) is 0 Å². The van der Waals surface area contributed by atoms with E-state index in [0.717, 1.165) is 11.1 Å². The normalized spacial score (nSPS) is 14.1. The van der Waals surface area contributed by atoms with Crippen molar-refractivity contribution < 1.29 is 4.79 Å². The zero-order chi connectivity index (χ0) is 15.5. The predicted molar refractivity (Wildman–Crippen MR) is 102 cm³/mol. The number of hydrogen-bond acceptors (Lipinski definition) is 3. The van der Waals surface area contributed by atoms with Crippen molar-refractivity contribution in [2.24, 2.45) is 11.7 Å². The number of carbonyl (C=O) groups is 1. The number of pyridine rings is 1. The molecule has 1 fully saturated rings. The molecule has 3 rings (SSSR count). The van der Waals surface area contributed by atoms with Gasteiger partial charge >= 0.3 is 0 Å². The van der Waals surface area contributed by atoms with E-state index in [2.05, 4.69) is 29.4 Å². The number of hydrogen-bond donors (Lipinski definition) is 2. The Balaban J connectivity index is 0.00000144. The van der Waals surface area contributed by atoms with E-state index in [-0.39, 0.29) is 36.8 Å². The van der Waals surface area contributed by atoms with Crippen LogP contribution in [-0.4, -0.2) is 23.5 Å². The quantitative estimate of drug-likeness (QED) is 0.850. The van der Waals surface area contributed by atoms with Gasteiger partial charge in [0.25, 0.3) is 5.91 Å². The molecule has 1 heterocycles. The number of aryl methyl sites for hydroxylation is 1. The van der Waals surface area contributed by atoms with E-state index in [1.54, 1.807) is 12.4 Å². The first-order valence-corrected chi connectivity index (χ1v) is 7.69. The largest absolute Gasteiger partial charge is 0.350 e. The minimum absolute atomic E-state index is 0. The molecule has 0 radical (unpaired) electrons. The molecule has 0 bridgehead atoms. The molecule has 4 nitrogen and oxygen atoms in total. The Bertz CT molecular complexity index is 672. The molecule has 1 saturated carbocycles. The highest BCUT2D eigenvalue weighted by Crippen LogP contribution is 2.31. The molecule has 0 saturated heterocycles. The van der Waals surface area contributed by atoms with E-state index < -0.39 is 0 Å². The highest BCUT2D eigenvalue weighted by molar-refractivity contribution is 5.95. The van der Waals surface area contributed by atoms with E-state index in [1.807, 2.05) is 18.2 Å². The molecule has 24 heavy (non-hydrogen) atoms. The lowest BCUT2D eigenvalue weighted by molar-refractivity contribution is 0.0950. The molecule has 2 aromatic rings. The lowest BCUT2D eigenvalue weighted by Gasteiger charge is -2.12. The zero-order valence-electron chi connectivity index (χ0n) is 13.6. The number of nitrogens with one attached hydrogen (secondary N) is 1. The van der Waals surface area contributed by atoms with Gasteiger partial charge in [-0.1, -0.05) is 29.8 Å². The van der Waals surface area contributed by atoms with Crippen LogP contribution in [0, 0.1) is 12.8 Å². The standard InChI is InChI=1S/C18H21N3O.2ClH/c1-12-2-4-13(5-3-12)15-8-16(10-20-9-15)18(22)21-11-17(19)14-6-7-14;;/h2-5,8-10,14,17H,6-7,11,19H2,1H3,(H,21,22);2*1H. The van der Waals surface area contributed by atoms with Crippen LogP contribution >= 0.6 is 24.8 Å². The molecule has 6 heteroatoms. The molecule has 130 valence electrons. The number of amides is 1. The van der Waals surface area contributed by atoms with Gasteiger partial charge in [-0.05, 0) is 37.3 Å². The smallest absolute Gasteiger partial charge is 0.252 e. The Labute approximate surface area is 155 Å². The minimum Gasteiger partial charge on any atom is -0.350 e. The summed E-state index contributed by atoms with van der Waals surface area (Å²) >= 11 is 0. The third-order valence-electron chi connectivity index (χ3n) is 4.11. The first-order valence-electron chi connectivity index (χ1n) is 7.69. The number of benzene rings is 1. The number of carbonyl (C=O) groups excluding carboxylic acids is 1. The molecule has 0 spiro atoms. The van der Waals surface area contributed by atoms with Gasteiger partial charge in [-0.2, -0.15) is 0 Å². The summed E-state index contributed by atoms with van der Waals surface area (Å²) in [4.78, 5) is 16.4. The lowest BCUT2D eigenvalue weighted by Crippen LogP contribution is -2.38. The van der Waals surface area contributed by atoms with Crippen molar-refractivity contribution in [1.82, 2.24) is 10.3 Å². The van der Waals surface area contributed by atoms with Crippen molar-refractivity contribution in [2.45, 2.75) is 25.8 Å². The molecule has 1 unspecified atom stereocenters. The highest BCUT2D eigenvalue weighted by Gasteiger charge is 2.28. The summed E-state index contributed by atoms with van der Waals surface area (Å²) < 4.78 is 0. The van der Waals surface area contributed by atoms with Crippen molar-refractivity contribution in [3.05, 3.63) is 53.9 Å². The topological polar surface area (TPSA) is 68.0 Å². The second-order valence-electron chi connectivity index (χ2n) is 6.04. The summed E-state index contributed by atoms with van der Waals surface area (Å²) in [7, 11) is 0. The van der Waals surface area contributed by atoms with Gasteiger partial charge in [-0.25, -0.2) is 0 Å².